The van der Waals surface area contributed by atoms with Crippen molar-refractivity contribution in [3.8, 4) is 0 Å². The summed E-state index contributed by atoms with van der Waals surface area (Å²) < 4.78 is 28.4. The number of nitrogens with one attached hydrogen (secondary N) is 1. The van der Waals surface area contributed by atoms with Crippen LogP contribution in [-0.4, -0.2) is 48.3 Å². The molecule has 3 saturated heterocycles. The largest absolute Gasteiger partial charge is 0.297 e. The van der Waals surface area contributed by atoms with Crippen LogP contribution in [0.5, 0.6) is 0 Å². The number of nitrogens with zero attached hydrogens (tertiary/aromatic N) is 2. The highest BCUT2D eigenvalue weighted by Crippen LogP contribution is 2.70. The van der Waals surface area contributed by atoms with Crippen molar-refractivity contribution < 1.29 is 22.8 Å². The number of benzene rings is 2. The first-order chi connectivity index (χ1) is 18.1. The van der Waals surface area contributed by atoms with Gasteiger partial charge < -0.3 is 0 Å². The predicted molar refractivity (Wildman–Crippen MR) is 140 cm³/mol. The summed E-state index contributed by atoms with van der Waals surface area (Å²) in [7, 11) is -3.87. The topological polar surface area (TPSA) is 104 Å². The number of para-hydroxylation sites is 1. The smallest absolute Gasteiger partial charge is 0.254 e. The van der Waals surface area contributed by atoms with E-state index in [1.807, 2.05) is 30.3 Å². The number of hydrogen-bond donors (Lipinski definition) is 1. The molecular weight excluding hydrogens is 502 g/mol. The minimum atomic E-state index is -3.87. The Morgan fingerprint density at radius 2 is 1.58 bits per heavy atom. The molecule has 5 aliphatic rings. The number of fused-ring (bicyclic) bond motifs is 2. The van der Waals surface area contributed by atoms with Crippen LogP contribution >= 0.6 is 0 Å². The van der Waals surface area contributed by atoms with Gasteiger partial charge in [0.2, 0.25) is 21.8 Å². The molecule has 2 aliphatic carbocycles. The number of sulfonamides is 1. The van der Waals surface area contributed by atoms with E-state index in [2.05, 4.69) is 19.2 Å². The van der Waals surface area contributed by atoms with Crippen molar-refractivity contribution >= 4 is 33.4 Å². The summed E-state index contributed by atoms with van der Waals surface area (Å²) >= 11 is 0. The lowest BCUT2D eigenvalue weighted by molar-refractivity contribution is -0.135. The fourth-order valence-corrected chi connectivity index (χ4v) is 11.1. The number of rotatable bonds is 3. The quantitative estimate of drug-likeness (QED) is 0.609. The fraction of sp³-hybridized carbons (Fsp3) is 0.483. The Morgan fingerprint density at radius 1 is 0.947 bits per heavy atom. The Kier molecular flexibility index (Phi) is 4.91. The average Bonchev–Trinajstić information content (AvgIpc) is 3.60. The molecule has 38 heavy (non-hydrogen) atoms. The molecule has 0 radical (unpaired) electrons. The van der Waals surface area contributed by atoms with Crippen LogP contribution in [-0.2, 0) is 24.4 Å². The van der Waals surface area contributed by atoms with Crippen molar-refractivity contribution in [3.63, 3.8) is 0 Å². The van der Waals surface area contributed by atoms with E-state index in [1.165, 1.54) is 4.90 Å². The van der Waals surface area contributed by atoms with E-state index in [0.717, 1.165) is 22.7 Å². The maximum atomic E-state index is 14.3. The third kappa shape index (κ3) is 2.89. The summed E-state index contributed by atoms with van der Waals surface area (Å²) in [5.41, 5.74) is 0.601. The van der Waals surface area contributed by atoms with Crippen molar-refractivity contribution in [1.82, 2.24) is 9.62 Å². The molecule has 2 bridgehead atoms. The second-order valence-electron chi connectivity index (χ2n) is 12.2. The van der Waals surface area contributed by atoms with Gasteiger partial charge in [-0.2, -0.15) is 0 Å². The molecule has 8 nitrogen and oxygen atoms in total. The second kappa shape index (κ2) is 7.76. The van der Waals surface area contributed by atoms with Crippen LogP contribution < -0.4 is 10.2 Å². The van der Waals surface area contributed by atoms with E-state index in [4.69, 9.17) is 0 Å². The van der Waals surface area contributed by atoms with Crippen molar-refractivity contribution in [2.75, 3.05) is 10.7 Å². The van der Waals surface area contributed by atoms with Crippen LogP contribution in [0.15, 0.2) is 60.7 Å². The normalized spacial score (nSPS) is 38.1. The number of anilines is 1. The van der Waals surface area contributed by atoms with Crippen LogP contribution in [0.25, 0.3) is 0 Å². The highest BCUT2D eigenvalue weighted by atomic mass is 32.2. The Balaban J connectivity index is 1.30. The van der Waals surface area contributed by atoms with Gasteiger partial charge >= 0.3 is 0 Å². The molecule has 2 aromatic rings. The van der Waals surface area contributed by atoms with Crippen molar-refractivity contribution in [1.29, 1.82) is 0 Å². The molecule has 3 aliphatic heterocycles. The van der Waals surface area contributed by atoms with Crippen molar-refractivity contribution in [2.45, 2.75) is 51.2 Å². The minimum absolute atomic E-state index is 0.0359. The first kappa shape index (κ1) is 24.0. The molecule has 7 rings (SSSR count). The Morgan fingerprint density at radius 3 is 2.24 bits per heavy atom. The van der Waals surface area contributed by atoms with Crippen LogP contribution in [0.4, 0.5) is 5.69 Å². The van der Waals surface area contributed by atoms with Crippen LogP contribution in [0.1, 0.15) is 44.7 Å². The molecule has 9 heteroatoms. The van der Waals surface area contributed by atoms with E-state index < -0.39 is 57.2 Å². The first-order valence-corrected chi connectivity index (χ1v) is 15.0. The molecule has 2 aromatic carbocycles. The molecular formula is C29H31N3O5S. The van der Waals surface area contributed by atoms with Gasteiger partial charge in [0, 0.05) is 11.5 Å². The average molecular weight is 534 g/mol. The molecule has 1 spiro atoms. The molecule has 7 atom stereocenters. The van der Waals surface area contributed by atoms with Crippen molar-refractivity contribution in [2.24, 2.45) is 28.6 Å². The van der Waals surface area contributed by atoms with Gasteiger partial charge in [-0.3, -0.25) is 19.7 Å². The van der Waals surface area contributed by atoms with Gasteiger partial charge in [0.1, 0.15) is 6.04 Å². The molecule has 5 fully saturated rings. The molecule has 3 heterocycles. The third-order valence-electron chi connectivity index (χ3n) is 10.5. The predicted octanol–water partition coefficient (Wildman–Crippen LogP) is 2.87. The number of carbonyl (C=O) groups is 3. The summed E-state index contributed by atoms with van der Waals surface area (Å²) in [4.78, 5) is 43.1. The summed E-state index contributed by atoms with van der Waals surface area (Å²) in [6, 6.07) is 15.9. The summed E-state index contributed by atoms with van der Waals surface area (Å²) in [5, 5.41) is 3.27. The van der Waals surface area contributed by atoms with E-state index >= 15 is 0 Å². The zero-order valence-electron chi connectivity index (χ0n) is 21.4. The molecule has 0 unspecified atom stereocenters. The Bertz CT molecular complexity index is 1460. The maximum absolute atomic E-state index is 14.3. The van der Waals surface area contributed by atoms with Gasteiger partial charge in [-0.25, -0.2) is 17.6 Å². The number of carbonyl (C=O) groups excluding carboxylic acids is 3. The van der Waals surface area contributed by atoms with E-state index in [-0.39, 0.29) is 17.1 Å². The molecule has 3 amide bonds. The van der Waals surface area contributed by atoms with Gasteiger partial charge in [0.15, 0.2) is 0 Å². The highest BCUT2D eigenvalue weighted by molar-refractivity contribution is 7.90. The number of amides is 3. The minimum Gasteiger partial charge on any atom is -0.297 e. The van der Waals surface area contributed by atoms with Crippen molar-refractivity contribution in [3.05, 3.63) is 66.2 Å². The number of hydrogen-bond acceptors (Lipinski definition) is 6. The zero-order valence-corrected chi connectivity index (χ0v) is 22.2. The van der Waals surface area contributed by atoms with Gasteiger partial charge in [-0.15, -0.1) is 0 Å². The highest BCUT2D eigenvalue weighted by Gasteiger charge is 2.73. The van der Waals surface area contributed by atoms with E-state index in [1.54, 1.807) is 30.3 Å². The maximum Gasteiger partial charge on any atom is 0.254 e. The van der Waals surface area contributed by atoms with Crippen LogP contribution in [0.2, 0.25) is 0 Å². The molecule has 1 N–H and O–H groups in total. The fourth-order valence-electron chi connectivity index (χ4n) is 8.55. The summed E-state index contributed by atoms with van der Waals surface area (Å²) in [6.45, 7) is 4.28. The monoisotopic (exact) mass is 533 g/mol. The van der Waals surface area contributed by atoms with Gasteiger partial charge in [-0.1, -0.05) is 62.4 Å². The first-order valence-electron chi connectivity index (χ1n) is 13.4. The Labute approximate surface area is 222 Å². The molecule has 198 valence electrons. The van der Waals surface area contributed by atoms with Gasteiger partial charge in [-0.05, 0) is 48.3 Å². The lowest BCUT2D eigenvalue weighted by Crippen LogP contribution is -2.53. The van der Waals surface area contributed by atoms with E-state index in [9.17, 15) is 22.8 Å². The molecule has 0 aromatic heterocycles. The standard InChI is InChI=1S/C29H31N3O5S/c1-28(2)18-13-14-29(28)16-38(36,37)32(20(29)15-18)27(35)24-22-21(23(30-24)17-9-5-3-6-10-17)25(33)31(26(22)34)19-11-7-4-8-12-19/h3-12,18,20-24,30H,13-16H2,1-2H3/t18-,20-,21+,22-,23+,24+,29-/m0/s1. The van der Waals surface area contributed by atoms with E-state index in [0.29, 0.717) is 18.0 Å². The molecule has 2 saturated carbocycles. The van der Waals surface area contributed by atoms with Gasteiger partial charge in [0.05, 0.1) is 29.3 Å². The van der Waals surface area contributed by atoms with Crippen LogP contribution in [0.3, 0.4) is 0 Å². The third-order valence-corrected chi connectivity index (χ3v) is 12.5. The zero-order chi connectivity index (χ0) is 26.6. The lowest BCUT2D eigenvalue weighted by Gasteiger charge is -2.37. The summed E-state index contributed by atoms with van der Waals surface area (Å²) in [5.74, 6) is -2.90. The van der Waals surface area contributed by atoms with Crippen LogP contribution in [0, 0.1) is 28.6 Å². The summed E-state index contributed by atoms with van der Waals surface area (Å²) in [6.07, 6.45) is 2.42. The van der Waals surface area contributed by atoms with Gasteiger partial charge in [0.25, 0.3) is 5.91 Å². The number of imide groups is 1. The second-order valence-corrected chi connectivity index (χ2v) is 14.0. The Hall–Kier alpha value is -3.04. The lowest BCUT2D eigenvalue weighted by atomic mass is 9.69. The SMILES string of the molecule is CC1(C)[C@H]2CC[C@@]13CS(=O)(=O)N(C(=O)[C@@H]1N[C@H](c4ccccc4)[C@@H]4C(=O)N(c5ccccc5)C(=O)[C@@H]41)[C@H]3C2.